The zero-order valence-electron chi connectivity index (χ0n) is 24.5. The molecule has 4 rings (SSSR count). The predicted octanol–water partition coefficient (Wildman–Crippen LogP) is 4.66. The molecule has 2 amide bonds. The monoisotopic (exact) mass is 589 g/mol. The highest BCUT2D eigenvalue weighted by molar-refractivity contribution is 7.92. The van der Waals surface area contributed by atoms with Crippen molar-refractivity contribution in [2.24, 2.45) is 0 Å². The van der Waals surface area contributed by atoms with Gasteiger partial charge in [0.05, 0.1) is 11.9 Å². The van der Waals surface area contributed by atoms with Gasteiger partial charge in [-0.25, -0.2) is 8.42 Å². The molecular weight excluding hydrogens is 550 g/mol. The fraction of sp³-hybridized carbons (Fsp3) is 0.364. The number of carbonyl (C=O) groups is 3. The van der Waals surface area contributed by atoms with Crippen molar-refractivity contribution < 1.29 is 22.8 Å². The quantitative estimate of drug-likeness (QED) is 0.310. The summed E-state index contributed by atoms with van der Waals surface area (Å²) in [5.74, 6) is -0.988. The number of sulfonamides is 1. The maximum atomic E-state index is 14.2. The second-order valence-electron chi connectivity index (χ2n) is 11.1. The van der Waals surface area contributed by atoms with Crippen molar-refractivity contribution in [1.29, 1.82) is 0 Å². The van der Waals surface area contributed by atoms with E-state index >= 15 is 0 Å². The Bertz CT molecular complexity index is 1520. The number of carbonyl (C=O) groups excluding carboxylic acids is 3. The van der Waals surface area contributed by atoms with E-state index in [1.54, 1.807) is 18.2 Å². The first-order chi connectivity index (χ1) is 20.0. The Kier molecular flexibility index (Phi) is 10.2. The van der Waals surface area contributed by atoms with E-state index in [-0.39, 0.29) is 36.4 Å². The molecule has 1 atom stereocenters. The third-order valence-electron chi connectivity index (χ3n) is 7.63. The molecule has 1 aliphatic carbocycles. The largest absolute Gasteiger partial charge is 0.352 e. The number of aryl methyl sites for hydroxylation is 1. The van der Waals surface area contributed by atoms with Crippen LogP contribution >= 0.6 is 0 Å². The van der Waals surface area contributed by atoms with E-state index in [1.807, 2.05) is 61.5 Å². The van der Waals surface area contributed by atoms with Gasteiger partial charge in [-0.05, 0) is 49.9 Å². The number of amides is 2. The van der Waals surface area contributed by atoms with E-state index in [1.165, 1.54) is 17.9 Å². The summed E-state index contributed by atoms with van der Waals surface area (Å²) in [7, 11) is -3.92. The first-order valence-corrected chi connectivity index (χ1v) is 16.1. The summed E-state index contributed by atoms with van der Waals surface area (Å²) in [4.78, 5) is 41.7. The van der Waals surface area contributed by atoms with Crippen molar-refractivity contribution in [2.45, 2.75) is 64.6 Å². The predicted molar refractivity (Wildman–Crippen MR) is 165 cm³/mol. The molecule has 0 aromatic heterocycles. The van der Waals surface area contributed by atoms with E-state index < -0.39 is 28.5 Å². The Balaban J connectivity index is 1.74. The average molecular weight is 590 g/mol. The lowest BCUT2D eigenvalue weighted by atomic mass is 10.0. The molecule has 0 heterocycles. The van der Waals surface area contributed by atoms with Gasteiger partial charge < -0.3 is 10.2 Å². The molecule has 9 heteroatoms. The number of ketones is 1. The second kappa shape index (κ2) is 13.8. The van der Waals surface area contributed by atoms with Gasteiger partial charge in [-0.2, -0.15) is 0 Å². The number of anilines is 1. The van der Waals surface area contributed by atoms with Crippen molar-refractivity contribution in [3.63, 3.8) is 0 Å². The van der Waals surface area contributed by atoms with Crippen LogP contribution in [0.5, 0.6) is 0 Å². The maximum Gasteiger partial charge on any atom is 0.244 e. The molecule has 0 radical (unpaired) electrons. The summed E-state index contributed by atoms with van der Waals surface area (Å²) in [6, 6.07) is 22.6. The minimum Gasteiger partial charge on any atom is -0.352 e. The number of hydrogen-bond donors (Lipinski definition) is 1. The molecule has 1 N–H and O–H groups in total. The Morgan fingerprint density at radius 1 is 0.905 bits per heavy atom. The number of nitrogens with one attached hydrogen (secondary N) is 1. The van der Waals surface area contributed by atoms with Gasteiger partial charge in [-0.15, -0.1) is 0 Å². The van der Waals surface area contributed by atoms with Gasteiger partial charge in [0, 0.05) is 24.6 Å². The number of rotatable bonds is 12. The molecule has 3 aromatic carbocycles. The Morgan fingerprint density at radius 3 is 2.21 bits per heavy atom. The van der Waals surface area contributed by atoms with Gasteiger partial charge in [-0.1, -0.05) is 85.1 Å². The van der Waals surface area contributed by atoms with Crippen LogP contribution in [0.1, 0.15) is 59.7 Å². The smallest absolute Gasteiger partial charge is 0.244 e. The third kappa shape index (κ3) is 8.28. The number of nitrogens with zero attached hydrogens (tertiary/aromatic N) is 2. The molecule has 0 spiro atoms. The highest BCUT2D eigenvalue weighted by Crippen LogP contribution is 2.23. The lowest BCUT2D eigenvalue weighted by molar-refractivity contribution is -0.140. The van der Waals surface area contributed by atoms with E-state index in [4.69, 9.17) is 0 Å². The summed E-state index contributed by atoms with van der Waals surface area (Å²) < 4.78 is 27.0. The summed E-state index contributed by atoms with van der Waals surface area (Å²) in [5.41, 5.74) is 3.28. The standard InChI is InChI=1S/C33H39N3O5S/c1-24-11-9-14-27(19-24)22-35(31(20-26-12-5-4-6-13-26)33(39)34-29-16-7-8-17-29)32(38)23-36(42(3,40)41)30-18-10-15-28(21-30)25(2)37/h4-6,9-15,18-19,21,29,31H,7-8,16-17,20,22-23H2,1-3H3,(H,34,39). The normalized spacial score (nSPS) is 14.3. The highest BCUT2D eigenvalue weighted by Gasteiger charge is 2.34. The van der Waals surface area contributed by atoms with Crippen molar-refractivity contribution in [3.05, 3.63) is 101 Å². The molecule has 42 heavy (non-hydrogen) atoms. The van der Waals surface area contributed by atoms with Crippen molar-refractivity contribution in [3.8, 4) is 0 Å². The fourth-order valence-electron chi connectivity index (χ4n) is 5.42. The Hall–Kier alpha value is -3.98. The van der Waals surface area contributed by atoms with Gasteiger partial charge in [0.15, 0.2) is 5.78 Å². The number of benzene rings is 3. The van der Waals surface area contributed by atoms with Crippen LogP contribution in [0.4, 0.5) is 5.69 Å². The molecule has 1 fully saturated rings. The van der Waals surface area contributed by atoms with Gasteiger partial charge in [0.2, 0.25) is 21.8 Å². The van der Waals surface area contributed by atoms with Crippen LogP contribution in [0, 0.1) is 6.92 Å². The van der Waals surface area contributed by atoms with E-state index in [2.05, 4.69) is 5.32 Å². The van der Waals surface area contributed by atoms with Gasteiger partial charge >= 0.3 is 0 Å². The van der Waals surface area contributed by atoms with Crippen LogP contribution < -0.4 is 9.62 Å². The van der Waals surface area contributed by atoms with Crippen molar-refractivity contribution in [1.82, 2.24) is 10.2 Å². The highest BCUT2D eigenvalue weighted by atomic mass is 32.2. The zero-order valence-corrected chi connectivity index (χ0v) is 25.3. The number of hydrogen-bond acceptors (Lipinski definition) is 5. The van der Waals surface area contributed by atoms with Crippen molar-refractivity contribution in [2.75, 3.05) is 17.1 Å². The summed E-state index contributed by atoms with van der Waals surface area (Å²) in [6.07, 6.45) is 5.18. The molecule has 222 valence electrons. The van der Waals surface area contributed by atoms with Crippen LogP contribution in [0.3, 0.4) is 0 Å². The van der Waals surface area contributed by atoms with Gasteiger partial charge in [0.1, 0.15) is 12.6 Å². The first-order valence-electron chi connectivity index (χ1n) is 14.3. The molecule has 1 aliphatic rings. The van der Waals surface area contributed by atoms with Gasteiger partial charge in [-0.3, -0.25) is 18.7 Å². The fourth-order valence-corrected chi connectivity index (χ4v) is 6.26. The summed E-state index contributed by atoms with van der Waals surface area (Å²) in [6.45, 7) is 2.96. The Morgan fingerprint density at radius 2 is 1.57 bits per heavy atom. The molecule has 1 saturated carbocycles. The topological polar surface area (TPSA) is 104 Å². The lowest BCUT2D eigenvalue weighted by Crippen LogP contribution is -2.54. The molecule has 1 unspecified atom stereocenters. The second-order valence-corrected chi connectivity index (χ2v) is 13.0. The zero-order chi connectivity index (χ0) is 30.3. The minimum atomic E-state index is -3.92. The molecule has 0 bridgehead atoms. The van der Waals surface area contributed by atoms with E-state index in [9.17, 15) is 22.8 Å². The maximum absolute atomic E-state index is 14.2. The minimum absolute atomic E-state index is 0.0496. The summed E-state index contributed by atoms with van der Waals surface area (Å²) in [5, 5.41) is 3.16. The average Bonchev–Trinajstić information content (AvgIpc) is 3.46. The van der Waals surface area contributed by atoms with Crippen LogP contribution in [0.2, 0.25) is 0 Å². The van der Waals surface area contributed by atoms with Crippen molar-refractivity contribution >= 4 is 33.3 Å². The molecule has 8 nitrogen and oxygen atoms in total. The van der Waals surface area contributed by atoms with Crippen LogP contribution in [-0.4, -0.2) is 55.8 Å². The van der Waals surface area contributed by atoms with Crippen LogP contribution in [0.15, 0.2) is 78.9 Å². The van der Waals surface area contributed by atoms with Gasteiger partial charge in [0.25, 0.3) is 0 Å². The molecule has 0 saturated heterocycles. The Labute approximate surface area is 248 Å². The number of Topliss-reactive ketones (excluding diaryl/α,β-unsaturated/α-hetero) is 1. The molecular formula is C33H39N3O5S. The summed E-state index contributed by atoms with van der Waals surface area (Å²) >= 11 is 0. The van der Waals surface area contributed by atoms with E-state index in [0.29, 0.717) is 5.56 Å². The van der Waals surface area contributed by atoms with E-state index in [0.717, 1.165) is 52.9 Å². The third-order valence-corrected chi connectivity index (χ3v) is 8.77. The lowest BCUT2D eigenvalue weighted by Gasteiger charge is -2.34. The molecule has 0 aliphatic heterocycles. The molecule has 3 aromatic rings. The van der Waals surface area contributed by atoms with Crippen LogP contribution in [0.25, 0.3) is 0 Å². The SMILES string of the molecule is CC(=O)c1cccc(N(CC(=O)N(Cc2cccc(C)c2)C(Cc2ccccc2)C(=O)NC2CCCC2)S(C)(=O)=O)c1. The van der Waals surface area contributed by atoms with Crippen LogP contribution in [-0.2, 0) is 32.6 Å². The first kappa shape index (κ1) is 31.0.